The summed E-state index contributed by atoms with van der Waals surface area (Å²) in [4.78, 5) is 15.8. The van der Waals surface area contributed by atoms with Crippen LogP contribution in [0.5, 0.6) is 0 Å². The van der Waals surface area contributed by atoms with E-state index in [2.05, 4.69) is 20.9 Å². The number of anilines is 1. The Morgan fingerprint density at radius 3 is 3.11 bits per heavy atom. The molecule has 2 heterocycles. The van der Waals surface area contributed by atoms with E-state index in [0.29, 0.717) is 16.8 Å². The van der Waals surface area contributed by atoms with Crippen molar-refractivity contribution in [2.45, 2.75) is 25.3 Å². The van der Waals surface area contributed by atoms with Crippen molar-refractivity contribution in [2.24, 2.45) is 0 Å². The van der Waals surface area contributed by atoms with Crippen molar-refractivity contribution in [1.82, 2.24) is 15.6 Å². The largest absolute Gasteiger partial charge is 0.381 e. The van der Waals surface area contributed by atoms with Crippen LogP contribution in [0.1, 0.15) is 29.6 Å². The van der Waals surface area contributed by atoms with Gasteiger partial charge in [0, 0.05) is 19.3 Å². The van der Waals surface area contributed by atoms with Gasteiger partial charge in [-0.25, -0.2) is 4.98 Å². The van der Waals surface area contributed by atoms with Crippen LogP contribution in [0.25, 0.3) is 0 Å². The molecule has 0 saturated carbocycles. The number of carbonyl (C=O) groups is 1. The van der Waals surface area contributed by atoms with Gasteiger partial charge in [-0.2, -0.15) is 0 Å². The molecule has 1 saturated heterocycles. The summed E-state index contributed by atoms with van der Waals surface area (Å²) < 4.78 is 0. The van der Waals surface area contributed by atoms with Gasteiger partial charge in [0.05, 0.1) is 11.3 Å². The summed E-state index contributed by atoms with van der Waals surface area (Å²) in [5.41, 5.74) is 1.29. The Balaban J connectivity index is 2.17. The van der Waals surface area contributed by atoms with Crippen molar-refractivity contribution >= 4 is 23.2 Å². The Kier molecular flexibility index (Phi) is 4.99. The van der Waals surface area contributed by atoms with Crippen molar-refractivity contribution in [3.05, 3.63) is 23.0 Å². The van der Waals surface area contributed by atoms with Crippen LogP contribution in [0.4, 0.5) is 5.69 Å². The number of hydrogen-bond acceptors (Lipinski definition) is 4. The topological polar surface area (TPSA) is 66.0 Å². The van der Waals surface area contributed by atoms with E-state index in [4.69, 9.17) is 11.6 Å². The number of nitrogens with zero attached hydrogens (tertiary/aromatic N) is 1. The first-order valence-electron chi connectivity index (χ1n) is 6.55. The third kappa shape index (κ3) is 3.81. The molecule has 0 aromatic carbocycles. The molecule has 2 rings (SSSR count). The number of amides is 1. The standard InChI is InChI=1S/C13H19ClN4O/c1-15-13(19)10-8-17-12(14)7-11(10)18-9-3-2-5-16-6-4-9/h7-9,16H,2-6H2,1H3,(H,15,19)(H,17,18). The molecule has 3 N–H and O–H groups in total. The molecule has 0 bridgehead atoms. The summed E-state index contributed by atoms with van der Waals surface area (Å²) in [5.74, 6) is -0.154. The highest BCUT2D eigenvalue weighted by molar-refractivity contribution is 6.29. The van der Waals surface area contributed by atoms with E-state index in [9.17, 15) is 4.79 Å². The molecule has 5 nitrogen and oxygen atoms in total. The van der Waals surface area contributed by atoms with E-state index in [1.807, 2.05) is 0 Å². The Hall–Kier alpha value is -1.33. The van der Waals surface area contributed by atoms with Crippen LogP contribution in [-0.2, 0) is 0 Å². The molecule has 1 amide bonds. The van der Waals surface area contributed by atoms with Crippen LogP contribution < -0.4 is 16.0 Å². The number of hydrogen-bond donors (Lipinski definition) is 3. The van der Waals surface area contributed by atoms with Crippen LogP contribution in [0.3, 0.4) is 0 Å². The average Bonchev–Trinajstić information content (AvgIpc) is 2.67. The van der Waals surface area contributed by atoms with Crippen molar-refractivity contribution in [3.63, 3.8) is 0 Å². The highest BCUT2D eigenvalue weighted by atomic mass is 35.5. The minimum Gasteiger partial charge on any atom is -0.381 e. The molecular weight excluding hydrogens is 264 g/mol. The molecule has 0 radical (unpaired) electrons. The summed E-state index contributed by atoms with van der Waals surface area (Å²) in [6.07, 6.45) is 4.76. The summed E-state index contributed by atoms with van der Waals surface area (Å²) in [6, 6.07) is 2.07. The number of pyridine rings is 1. The van der Waals surface area contributed by atoms with Crippen LogP contribution in [-0.4, -0.2) is 37.1 Å². The zero-order valence-corrected chi connectivity index (χ0v) is 11.8. The van der Waals surface area contributed by atoms with Gasteiger partial charge in [0.2, 0.25) is 0 Å². The fourth-order valence-electron chi connectivity index (χ4n) is 2.25. The first kappa shape index (κ1) is 14.1. The van der Waals surface area contributed by atoms with Gasteiger partial charge in [0.15, 0.2) is 0 Å². The lowest BCUT2D eigenvalue weighted by atomic mass is 10.1. The van der Waals surface area contributed by atoms with Gasteiger partial charge in [0.25, 0.3) is 5.91 Å². The minimum atomic E-state index is -0.154. The van der Waals surface area contributed by atoms with Gasteiger partial charge in [0.1, 0.15) is 5.15 Å². The smallest absolute Gasteiger partial charge is 0.254 e. The molecule has 0 spiro atoms. The molecule has 104 valence electrons. The van der Waals surface area contributed by atoms with Gasteiger partial charge in [-0.15, -0.1) is 0 Å². The second-order valence-electron chi connectivity index (χ2n) is 4.65. The van der Waals surface area contributed by atoms with Crippen LogP contribution in [0.15, 0.2) is 12.3 Å². The number of rotatable bonds is 3. The quantitative estimate of drug-likeness (QED) is 0.738. The highest BCUT2D eigenvalue weighted by Crippen LogP contribution is 2.21. The van der Waals surface area contributed by atoms with E-state index < -0.39 is 0 Å². The zero-order chi connectivity index (χ0) is 13.7. The Morgan fingerprint density at radius 1 is 1.47 bits per heavy atom. The van der Waals surface area contributed by atoms with Gasteiger partial charge in [-0.3, -0.25) is 4.79 Å². The molecule has 1 atom stereocenters. The monoisotopic (exact) mass is 282 g/mol. The van der Waals surface area contributed by atoms with Crippen LogP contribution in [0, 0.1) is 0 Å². The van der Waals surface area contributed by atoms with Crippen molar-refractivity contribution in [2.75, 3.05) is 25.5 Å². The Morgan fingerprint density at radius 2 is 2.32 bits per heavy atom. The van der Waals surface area contributed by atoms with E-state index in [1.54, 1.807) is 13.1 Å². The van der Waals surface area contributed by atoms with Crippen LogP contribution in [0.2, 0.25) is 5.15 Å². The molecule has 1 unspecified atom stereocenters. The van der Waals surface area contributed by atoms with Gasteiger partial charge in [-0.05, 0) is 38.4 Å². The van der Waals surface area contributed by atoms with Crippen molar-refractivity contribution < 1.29 is 4.79 Å². The first-order valence-corrected chi connectivity index (χ1v) is 6.93. The summed E-state index contributed by atoms with van der Waals surface area (Å²) >= 11 is 5.92. The predicted molar refractivity (Wildman–Crippen MR) is 76.8 cm³/mol. The maximum atomic E-state index is 11.8. The first-order chi connectivity index (χ1) is 9.20. The molecular formula is C13H19ClN4O. The molecule has 1 aliphatic rings. The number of halogens is 1. The van der Waals surface area contributed by atoms with Crippen molar-refractivity contribution in [3.8, 4) is 0 Å². The lowest BCUT2D eigenvalue weighted by Gasteiger charge is -2.19. The van der Waals surface area contributed by atoms with Gasteiger partial charge < -0.3 is 16.0 Å². The molecule has 1 fully saturated rings. The summed E-state index contributed by atoms with van der Waals surface area (Å²) in [5, 5.41) is 9.79. The number of aromatic nitrogens is 1. The maximum absolute atomic E-state index is 11.8. The van der Waals surface area contributed by atoms with Gasteiger partial charge >= 0.3 is 0 Å². The van der Waals surface area contributed by atoms with E-state index in [-0.39, 0.29) is 5.91 Å². The molecule has 0 aliphatic carbocycles. The fraction of sp³-hybridized carbons (Fsp3) is 0.538. The van der Waals surface area contributed by atoms with Gasteiger partial charge in [-0.1, -0.05) is 11.6 Å². The average molecular weight is 283 g/mol. The third-order valence-electron chi connectivity index (χ3n) is 3.28. The highest BCUT2D eigenvalue weighted by Gasteiger charge is 2.16. The normalized spacial score (nSPS) is 19.6. The van der Waals surface area contributed by atoms with E-state index in [1.165, 1.54) is 6.20 Å². The second kappa shape index (κ2) is 6.73. The minimum absolute atomic E-state index is 0.154. The fourth-order valence-corrected chi connectivity index (χ4v) is 2.41. The second-order valence-corrected chi connectivity index (χ2v) is 5.04. The lowest BCUT2D eigenvalue weighted by Crippen LogP contribution is -2.25. The molecule has 1 aliphatic heterocycles. The number of carbonyl (C=O) groups excluding carboxylic acids is 1. The summed E-state index contributed by atoms with van der Waals surface area (Å²) in [6.45, 7) is 2.05. The Bertz CT molecular complexity index is 444. The molecule has 1 aromatic rings. The predicted octanol–water partition coefficient (Wildman–Crippen LogP) is 1.65. The maximum Gasteiger partial charge on any atom is 0.254 e. The molecule has 6 heteroatoms. The zero-order valence-electron chi connectivity index (χ0n) is 11.0. The SMILES string of the molecule is CNC(=O)c1cnc(Cl)cc1NC1CCCNCC1. The molecule has 1 aromatic heterocycles. The number of nitrogens with one attached hydrogen (secondary N) is 3. The van der Waals surface area contributed by atoms with E-state index in [0.717, 1.165) is 38.0 Å². The van der Waals surface area contributed by atoms with E-state index >= 15 is 0 Å². The van der Waals surface area contributed by atoms with Crippen molar-refractivity contribution in [1.29, 1.82) is 0 Å². The Labute approximate surface area is 118 Å². The lowest BCUT2D eigenvalue weighted by molar-refractivity contribution is 0.0963. The third-order valence-corrected chi connectivity index (χ3v) is 3.48. The van der Waals surface area contributed by atoms with Crippen LogP contribution >= 0.6 is 11.6 Å². The molecule has 19 heavy (non-hydrogen) atoms. The summed E-state index contributed by atoms with van der Waals surface area (Å²) in [7, 11) is 1.61.